The van der Waals surface area contributed by atoms with Crippen molar-refractivity contribution in [3.63, 3.8) is 0 Å². The molecule has 0 spiro atoms. The molecule has 2 N–H and O–H groups in total. The fourth-order valence-corrected chi connectivity index (χ4v) is 3.85. The van der Waals surface area contributed by atoms with Gasteiger partial charge in [0, 0.05) is 18.7 Å². The van der Waals surface area contributed by atoms with Crippen molar-refractivity contribution in [1.82, 2.24) is 15.2 Å². The van der Waals surface area contributed by atoms with Crippen molar-refractivity contribution in [2.24, 2.45) is 0 Å². The normalized spacial score (nSPS) is 15.4. The lowest BCUT2D eigenvalue weighted by Gasteiger charge is -2.35. The van der Waals surface area contributed by atoms with E-state index in [2.05, 4.69) is 15.2 Å². The summed E-state index contributed by atoms with van der Waals surface area (Å²) < 4.78 is 0. The van der Waals surface area contributed by atoms with Crippen LogP contribution in [0.4, 0.5) is 0 Å². The highest BCUT2D eigenvalue weighted by molar-refractivity contribution is 7.80. The van der Waals surface area contributed by atoms with Gasteiger partial charge in [0.1, 0.15) is 0 Å². The maximum Gasteiger partial charge on any atom is 0.253 e. The standard InChI is InChI=1S/C19H25N3OS/c1-13-7-6-8-14-11-15(18(23)21-17(13)14)12-22(19(24)20-2)16-9-4-3-5-10-16/h6-8,11,16H,3-5,9-10,12H2,1-2H3,(H,20,24)(H,21,23). The number of nitrogens with one attached hydrogen (secondary N) is 2. The molecule has 0 aliphatic heterocycles. The number of pyridine rings is 1. The summed E-state index contributed by atoms with van der Waals surface area (Å²) in [6, 6.07) is 8.52. The third kappa shape index (κ3) is 3.46. The number of hydrogen-bond acceptors (Lipinski definition) is 2. The molecule has 5 heteroatoms. The maximum absolute atomic E-state index is 12.6. The number of aromatic nitrogens is 1. The van der Waals surface area contributed by atoms with E-state index in [1.54, 1.807) is 0 Å². The molecule has 24 heavy (non-hydrogen) atoms. The van der Waals surface area contributed by atoms with Crippen LogP contribution in [0.5, 0.6) is 0 Å². The first-order valence-electron chi connectivity index (χ1n) is 8.70. The zero-order valence-electron chi connectivity index (χ0n) is 14.4. The van der Waals surface area contributed by atoms with E-state index in [4.69, 9.17) is 12.2 Å². The van der Waals surface area contributed by atoms with Crippen LogP contribution in [0.25, 0.3) is 10.9 Å². The van der Waals surface area contributed by atoms with E-state index in [1.807, 2.05) is 38.2 Å². The van der Waals surface area contributed by atoms with Crippen molar-refractivity contribution in [2.75, 3.05) is 7.05 Å². The van der Waals surface area contributed by atoms with Gasteiger partial charge in [0.2, 0.25) is 0 Å². The van der Waals surface area contributed by atoms with Gasteiger partial charge in [0.15, 0.2) is 5.11 Å². The Morgan fingerprint density at radius 1 is 1.33 bits per heavy atom. The quantitative estimate of drug-likeness (QED) is 0.838. The topological polar surface area (TPSA) is 48.1 Å². The van der Waals surface area contributed by atoms with Crippen LogP contribution in [0.15, 0.2) is 29.1 Å². The Morgan fingerprint density at radius 3 is 2.79 bits per heavy atom. The summed E-state index contributed by atoms with van der Waals surface area (Å²) >= 11 is 5.52. The van der Waals surface area contributed by atoms with Gasteiger partial charge in [-0.15, -0.1) is 0 Å². The summed E-state index contributed by atoms with van der Waals surface area (Å²) in [6.07, 6.45) is 6.06. The molecule has 0 radical (unpaired) electrons. The third-order valence-electron chi connectivity index (χ3n) is 5.00. The van der Waals surface area contributed by atoms with Gasteiger partial charge in [-0.1, -0.05) is 37.5 Å². The lowest BCUT2D eigenvalue weighted by molar-refractivity contribution is 0.235. The number of fused-ring (bicyclic) bond motifs is 1. The molecular formula is C19H25N3OS. The Kier molecular flexibility index (Phi) is 5.19. The van der Waals surface area contributed by atoms with E-state index in [9.17, 15) is 4.79 Å². The first kappa shape index (κ1) is 17.0. The number of nitrogens with zero attached hydrogens (tertiary/aromatic N) is 1. The van der Waals surface area contributed by atoms with E-state index < -0.39 is 0 Å². The SMILES string of the molecule is CNC(=S)N(Cc1cc2cccc(C)c2[nH]c1=O)C1CCCCC1. The molecule has 0 saturated heterocycles. The van der Waals surface area contributed by atoms with Gasteiger partial charge in [-0.25, -0.2) is 0 Å². The number of rotatable bonds is 3. The molecule has 128 valence electrons. The summed E-state index contributed by atoms with van der Waals surface area (Å²) in [4.78, 5) is 17.8. The Hall–Kier alpha value is -1.88. The average molecular weight is 343 g/mol. The van der Waals surface area contributed by atoms with E-state index >= 15 is 0 Å². The monoisotopic (exact) mass is 343 g/mol. The van der Waals surface area contributed by atoms with Gasteiger partial charge in [0.05, 0.1) is 12.1 Å². The predicted octanol–water partition coefficient (Wildman–Crippen LogP) is 3.48. The van der Waals surface area contributed by atoms with Crippen molar-refractivity contribution >= 4 is 28.2 Å². The number of H-pyrrole nitrogens is 1. The van der Waals surface area contributed by atoms with Crippen LogP contribution >= 0.6 is 12.2 Å². The maximum atomic E-state index is 12.6. The summed E-state index contributed by atoms with van der Waals surface area (Å²) in [5.41, 5.74) is 2.77. The van der Waals surface area contributed by atoms with E-state index in [0.29, 0.717) is 12.6 Å². The Balaban J connectivity index is 1.94. The minimum absolute atomic E-state index is 0.0171. The highest BCUT2D eigenvalue weighted by Gasteiger charge is 2.23. The highest BCUT2D eigenvalue weighted by atomic mass is 32.1. The molecular weight excluding hydrogens is 318 g/mol. The number of aromatic amines is 1. The first-order chi connectivity index (χ1) is 11.6. The minimum atomic E-state index is -0.0171. The lowest BCUT2D eigenvalue weighted by atomic mass is 9.94. The number of benzene rings is 1. The molecule has 1 fully saturated rings. The minimum Gasteiger partial charge on any atom is -0.366 e. The number of thiocarbonyl (C=S) groups is 1. The number of hydrogen-bond donors (Lipinski definition) is 2. The second-order valence-corrected chi connectivity index (χ2v) is 7.02. The molecule has 0 unspecified atom stereocenters. The lowest BCUT2D eigenvalue weighted by Crippen LogP contribution is -2.46. The molecule has 2 aromatic rings. The summed E-state index contributed by atoms with van der Waals surface area (Å²) in [6.45, 7) is 2.58. The third-order valence-corrected chi connectivity index (χ3v) is 5.43. The largest absolute Gasteiger partial charge is 0.366 e. The molecule has 4 nitrogen and oxygen atoms in total. The molecule has 1 aliphatic rings. The van der Waals surface area contributed by atoms with Crippen LogP contribution in [0, 0.1) is 6.92 Å². The van der Waals surface area contributed by atoms with E-state index in [-0.39, 0.29) is 5.56 Å². The van der Waals surface area contributed by atoms with Crippen molar-refractivity contribution in [3.05, 3.63) is 45.7 Å². The van der Waals surface area contributed by atoms with Crippen molar-refractivity contribution in [2.45, 2.75) is 51.6 Å². The van der Waals surface area contributed by atoms with Gasteiger partial charge in [-0.3, -0.25) is 4.79 Å². The summed E-state index contributed by atoms with van der Waals surface area (Å²) in [5.74, 6) is 0. The summed E-state index contributed by atoms with van der Waals surface area (Å²) in [7, 11) is 1.85. The Bertz CT molecular complexity index is 793. The van der Waals surface area contributed by atoms with Crippen LogP contribution in [-0.2, 0) is 6.54 Å². The first-order valence-corrected chi connectivity index (χ1v) is 9.11. The second kappa shape index (κ2) is 7.34. The molecule has 1 heterocycles. The molecule has 0 atom stereocenters. The van der Waals surface area contributed by atoms with Crippen LogP contribution in [0.1, 0.15) is 43.2 Å². The highest BCUT2D eigenvalue weighted by Crippen LogP contribution is 2.24. The average Bonchev–Trinajstić information content (AvgIpc) is 2.61. The number of para-hydroxylation sites is 1. The summed E-state index contributed by atoms with van der Waals surface area (Å²) in [5, 5.41) is 4.89. The van der Waals surface area contributed by atoms with Crippen molar-refractivity contribution in [1.29, 1.82) is 0 Å². The van der Waals surface area contributed by atoms with E-state index in [1.165, 1.54) is 19.3 Å². The predicted molar refractivity (Wildman–Crippen MR) is 103 cm³/mol. The van der Waals surface area contributed by atoms with Crippen LogP contribution < -0.4 is 10.9 Å². The van der Waals surface area contributed by atoms with Gasteiger partial charge in [0.25, 0.3) is 5.56 Å². The van der Waals surface area contributed by atoms with Crippen molar-refractivity contribution in [3.8, 4) is 0 Å². The molecule has 3 rings (SSSR count). The molecule has 1 saturated carbocycles. The van der Waals surface area contributed by atoms with E-state index in [0.717, 1.165) is 40.0 Å². The number of aryl methyl sites for hydroxylation is 1. The van der Waals surface area contributed by atoms with Crippen LogP contribution in [0.2, 0.25) is 0 Å². The van der Waals surface area contributed by atoms with Gasteiger partial charge < -0.3 is 15.2 Å². The Labute approximate surface area is 148 Å². The zero-order valence-corrected chi connectivity index (χ0v) is 15.2. The van der Waals surface area contributed by atoms with Crippen molar-refractivity contribution < 1.29 is 0 Å². The van der Waals surface area contributed by atoms with Gasteiger partial charge in [-0.2, -0.15) is 0 Å². The molecule has 1 aromatic carbocycles. The van der Waals surface area contributed by atoms with Crippen LogP contribution in [-0.4, -0.2) is 28.1 Å². The fraction of sp³-hybridized carbons (Fsp3) is 0.474. The molecule has 0 amide bonds. The van der Waals surface area contributed by atoms with Gasteiger partial charge in [-0.05, 0) is 49.0 Å². The fourth-order valence-electron chi connectivity index (χ4n) is 3.63. The smallest absolute Gasteiger partial charge is 0.253 e. The zero-order chi connectivity index (χ0) is 17.1. The van der Waals surface area contributed by atoms with Crippen LogP contribution in [0.3, 0.4) is 0 Å². The molecule has 1 aromatic heterocycles. The van der Waals surface area contributed by atoms with Gasteiger partial charge >= 0.3 is 0 Å². The Morgan fingerprint density at radius 2 is 2.08 bits per heavy atom. The molecule has 0 bridgehead atoms. The molecule has 1 aliphatic carbocycles. The second-order valence-electron chi connectivity index (χ2n) is 6.64.